The van der Waals surface area contributed by atoms with E-state index >= 15 is 0 Å². The van der Waals surface area contributed by atoms with Crippen molar-refractivity contribution in [2.24, 2.45) is 5.73 Å². The van der Waals surface area contributed by atoms with Crippen molar-refractivity contribution >= 4 is 35.2 Å². The van der Waals surface area contributed by atoms with Gasteiger partial charge >= 0.3 is 5.97 Å². The molecular formula is C15H18N2O5S. The van der Waals surface area contributed by atoms with Gasteiger partial charge in [0.05, 0.1) is 17.5 Å². The zero-order chi connectivity index (χ0) is 17.0. The smallest absolute Gasteiger partial charge is 0.321 e. The van der Waals surface area contributed by atoms with Crippen LogP contribution in [-0.4, -0.2) is 46.5 Å². The number of imide groups is 1. The van der Waals surface area contributed by atoms with E-state index in [0.29, 0.717) is 18.0 Å². The standard InChI is InChI=1S/C15H18N2O5S/c1-2-22-11-6-4-3-5-10(11)17-13(18)7-12(14(17)19)23-8-9(16)15(20)21/h3-6,9,12H,2,7-8,16H2,1H3,(H,20,21)/t9-,12+/m1/s1. The predicted molar refractivity (Wildman–Crippen MR) is 86.6 cm³/mol. The van der Waals surface area contributed by atoms with Gasteiger partial charge in [-0.25, -0.2) is 4.90 Å². The molecule has 1 aromatic carbocycles. The van der Waals surface area contributed by atoms with Crippen molar-refractivity contribution in [1.82, 2.24) is 0 Å². The Morgan fingerprint density at radius 2 is 2.17 bits per heavy atom. The van der Waals surface area contributed by atoms with Gasteiger partial charge < -0.3 is 15.6 Å². The molecule has 1 fully saturated rings. The van der Waals surface area contributed by atoms with Crippen LogP contribution in [0, 0.1) is 0 Å². The van der Waals surface area contributed by atoms with Crippen LogP contribution in [0.5, 0.6) is 5.75 Å². The van der Waals surface area contributed by atoms with Crippen LogP contribution in [0.15, 0.2) is 24.3 Å². The average Bonchev–Trinajstić information content (AvgIpc) is 2.80. The second-order valence-corrected chi connectivity index (χ2v) is 6.17. The molecule has 2 rings (SSSR count). The van der Waals surface area contributed by atoms with Crippen LogP contribution >= 0.6 is 11.8 Å². The molecular weight excluding hydrogens is 320 g/mol. The lowest BCUT2D eigenvalue weighted by molar-refractivity contribution is -0.138. The van der Waals surface area contributed by atoms with Gasteiger partial charge in [-0.3, -0.25) is 14.4 Å². The number of carboxylic acids is 1. The summed E-state index contributed by atoms with van der Waals surface area (Å²) in [5.41, 5.74) is 5.85. The van der Waals surface area contributed by atoms with Crippen LogP contribution in [0.2, 0.25) is 0 Å². The number of anilines is 1. The molecule has 1 aromatic rings. The van der Waals surface area contributed by atoms with E-state index in [9.17, 15) is 14.4 Å². The number of benzene rings is 1. The maximum atomic E-state index is 12.5. The van der Waals surface area contributed by atoms with Gasteiger partial charge in [0.15, 0.2) is 0 Å². The van der Waals surface area contributed by atoms with Gasteiger partial charge in [0.1, 0.15) is 11.8 Å². The quantitative estimate of drug-likeness (QED) is 0.710. The summed E-state index contributed by atoms with van der Waals surface area (Å²) < 4.78 is 5.46. The number of rotatable bonds is 7. The van der Waals surface area contributed by atoms with Gasteiger partial charge in [0.25, 0.3) is 0 Å². The molecule has 0 saturated carbocycles. The Bertz CT molecular complexity index is 622. The number of nitrogens with two attached hydrogens (primary N) is 1. The van der Waals surface area contributed by atoms with E-state index in [-0.39, 0.29) is 24.0 Å². The van der Waals surface area contributed by atoms with Gasteiger partial charge in [0.2, 0.25) is 11.8 Å². The summed E-state index contributed by atoms with van der Waals surface area (Å²) in [6, 6.07) is 5.76. The Kier molecular flexibility index (Phi) is 5.62. The molecule has 1 aliphatic heterocycles. The Labute approximate surface area is 137 Å². The van der Waals surface area contributed by atoms with Crippen LogP contribution in [0.1, 0.15) is 13.3 Å². The number of hydrogen-bond acceptors (Lipinski definition) is 6. The number of carbonyl (C=O) groups excluding carboxylic acids is 2. The molecule has 0 aliphatic carbocycles. The third kappa shape index (κ3) is 3.83. The maximum Gasteiger partial charge on any atom is 0.321 e. The zero-order valence-electron chi connectivity index (χ0n) is 12.6. The summed E-state index contributed by atoms with van der Waals surface area (Å²) in [5.74, 6) is -1.30. The van der Waals surface area contributed by atoms with Gasteiger partial charge in [-0.1, -0.05) is 12.1 Å². The lowest BCUT2D eigenvalue weighted by Crippen LogP contribution is -2.35. The van der Waals surface area contributed by atoms with E-state index in [4.69, 9.17) is 15.6 Å². The molecule has 1 aliphatic rings. The van der Waals surface area contributed by atoms with Gasteiger partial charge in [-0.2, -0.15) is 0 Å². The van der Waals surface area contributed by atoms with Crippen molar-refractivity contribution in [3.8, 4) is 5.75 Å². The fraction of sp³-hybridized carbons (Fsp3) is 0.400. The summed E-state index contributed by atoms with van der Waals surface area (Å²) in [6.07, 6.45) is 0.0241. The van der Waals surface area contributed by atoms with Gasteiger partial charge in [0, 0.05) is 12.2 Å². The molecule has 7 nitrogen and oxygen atoms in total. The highest BCUT2D eigenvalue weighted by atomic mass is 32.2. The summed E-state index contributed by atoms with van der Waals surface area (Å²) in [6.45, 7) is 2.23. The Morgan fingerprint density at radius 1 is 1.48 bits per heavy atom. The first-order chi connectivity index (χ1) is 11.0. The molecule has 0 unspecified atom stereocenters. The van der Waals surface area contributed by atoms with Crippen molar-refractivity contribution in [1.29, 1.82) is 0 Å². The van der Waals surface area contributed by atoms with Crippen LogP contribution in [0.3, 0.4) is 0 Å². The fourth-order valence-electron chi connectivity index (χ4n) is 2.20. The molecule has 2 amide bonds. The molecule has 23 heavy (non-hydrogen) atoms. The summed E-state index contributed by atoms with van der Waals surface area (Å²) in [7, 11) is 0. The van der Waals surface area contributed by atoms with Crippen LogP contribution in [0.4, 0.5) is 5.69 Å². The largest absolute Gasteiger partial charge is 0.492 e. The number of carbonyl (C=O) groups is 3. The van der Waals surface area contributed by atoms with E-state index in [0.717, 1.165) is 16.7 Å². The first kappa shape index (κ1) is 17.3. The molecule has 124 valence electrons. The Hall–Kier alpha value is -2.06. The first-order valence-electron chi connectivity index (χ1n) is 7.14. The number of ether oxygens (including phenoxy) is 1. The summed E-state index contributed by atoms with van der Waals surface area (Å²) in [5, 5.41) is 8.16. The highest BCUT2D eigenvalue weighted by Gasteiger charge is 2.41. The molecule has 2 atom stereocenters. The number of aliphatic carboxylic acids is 1. The molecule has 0 spiro atoms. The lowest BCUT2D eigenvalue weighted by atomic mass is 10.2. The highest BCUT2D eigenvalue weighted by molar-refractivity contribution is 8.00. The zero-order valence-corrected chi connectivity index (χ0v) is 13.4. The van der Waals surface area contributed by atoms with Crippen LogP contribution in [0.25, 0.3) is 0 Å². The van der Waals surface area contributed by atoms with E-state index in [1.807, 2.05) is 6.92 Å². The monoisotopic (exact) mass is 338 g/mol. The fourth-order valence-corrected chi connectivity index (χ4v) is 3.29. The number of carboxylic acid groups (broad SMARTS) is 1. The third-order valence-electron chi connectivity index (χ3n) is 3.31. The Balaban J connectivity index is 2.14. The average molecular weight is 338 g/mol. The first-order valence-corrected chi connectivity index (χ1v) is 8.19. The lowest BCUT2D eigenvalue weighted by Gasteiger charge is -2.18. The predicted octanol–water partition coefficient (Wildman–Crippen LogP) is 0.862. The summed E-state index contributed by atoms with van der Waals surface area (Å²) >= 11 is 1.09. The molecule has 1 heterocycles. The molecule has 0 radical (unpaired) electrons. The van der Waals surface area contributed by atoms with E-state index in [1.165, 1.54) is 0 Å². The molecule has 3 N–H and O–H groups in total. The number of thioether (sulfide) groups is 1. The maximum absolute atomic E-state index is 12.5. The van der Waals surface area contributed by atoms with E-state index < -0.39 is 17.3 Å². The summed E-state index contributed by atoms with van der Waals surface area (Å²) in [4.78, 5) is 36.6. The number of hydrogen-bond donors (Lipinski definition) is 2. The normalized spacial score (nSPS) is 19.0. The SMILES string of the molecule is CCOc1ccccc1N1C(=O)C[C@H](SC[C@@H](N)C(=O)O)C1=O. The van der Waals surface area contributed by atoms with E-state index in [2.05, 4.69) is 0 Å². The molecule has 8 heteroatoms. The Morgan fingerprint density at radius 3 is 2.83 bits per heavy atom. The van der Waals surface area contributed by atoms with Crippen LogP contribution in [-0.2, 0) is 14.4 Å². The molecule has 0 aromatic heterocycles. The molecule has 1 saturated heterocycles. The number of para-hydroxylation sites is 2. The topological polar surface area (TPSA) is 110 Å². The van der Waals surface area contributed by atoms with Crippen molar-refractivity contribution in [3.05, 3.63) is 24.3 Å². The molecule has 0 bridgehead atoms. The minimum atomic E-state index is -1.13. The van der Waals surface area contributed by atoms with Gasteiger partial charge in [-0.15, -0.1) is 11.8 Å². The van der Waals surface area contributed by atoms with Crippen molar-refractivity contribution in [3.63, 3.8) is 0 Å². The minimum Gasteiger partial charge on any atom is -0.492 e. The third-order valence-corrected chi connectivity index (χ3v) is 4.63. The van der Waals surface area contributed by atoms with Gasteiger partial charge in [-0.05, 0) is 19.1 Å². The number of nitrogens with zero attached hydrogens (tertiary/aromatic N) is 1. The highest BCUT2D eigenvalue weighted by Crippen LogP contribution is 2.35. The van der Waals surface area contributed by atoms with Crippen molar-refractivity contribution < 1.29 is 24.2 Å². The van der Waals surface area contributed by atoms with Crippen LogP contribution < -0.4 is 15.4 Å². The van der Waals surface area contributed by atoms with Crippen molar-refractivity contribution in [2.45, 2.75) is 24.6 Å². The number of amides is 2. The van der Waals surface area contributed by atoms with E-state index in [1.54, 1.807) is 24.3 Å². The second-order valence-electron chi connectivity index (χ2n) is 4.94. The minimum absolute atomic E-state index is 0.0241. The van der Waals surface area contributed by atoms with Crippen molar-refractivity contribution in [2.75, 3.05) is 17.3 Å². The second kappa shape index (κ2) is 7.47.